The molecule has 120 valence electrons. The van der Waals surface area contributed by atoms with Crippen LogP contribution in [0.1, 0.15) is 23.5 Å². The second-order valence-electron chi connectivity index (χ2n) is 4.54. The van der Waals surface area contributed by atoms with E-state index in [0.717, 1.165) is 48.6 Å². The van der Waals surface area contributed by atoms with Gasteiger partial charge < -0.3 is 10.2 Å². The zero-order chi connectivity index (χ0) is 14.6. The van der Waals surface area contributed by atoms with Gasteiger partial charge >= 0.3 is 6.18 Å². The standard InChI is InChI=1S/C12H17F3N4S.HI/c1-16-11(19-6-2-3-7-19)17-5-4-10-18-9(8-20-10)12(13,14)15;/h8H,2-7H2,1H3,(H,16,17);1H. The van der Waals surface area contributed by atoms with Crippen LogP contribution >= 0.6 is 35.3 Å². The van der Waals surface area contributed by atoms with E-state index < -0.39 is 11.9 Å². The molecular formula is C12H18F3IN4S. The van der Waals surface area contributed by atoms with Gasteiger partial charge in [0.25, 0.3) is 0 Å². The first-order valence-corrected chi connectivity index (χ1v) is 7.36. The van der Waals surface area contributed by atoms with Crippen molar-refractivity contribution in [2.24, 2.45) is 4.99 Å². The van der Waals surface area contributed by atoms with Gasteiger partial charge in [0.2, 0.25) is 0 Å². The lowest BCUT2D eigenvalue weighted by molar-refractivity contribution is -0.140. The molecule has 0 spiro atoms. The summed E-state index contributed by atoms with van der Waals surface area (Å²) in [5, 5.41) is 4.72. The molecule has 9 heteroatoms. The maximum Gasteiger partial charge on any atom is 0.434 e. The molecule has 0 saturated carbocycles. The number of thiazole rings is 1. The van der Waals surface area contributed by atoms with Gasteiger partial charge in [0.1, 0.15) is 0 Å². The zero-order valence-electron chi connectivity index (χ0n) is 11.6. The van der Waals surface area contributed by atoms with Gasteiger partial charge in [-0.1, -0.05) is 0 Å². The normalized spacial score (nSPS) is 16.0. The molecule has 4 nitrogen and oxygen atoms in total. The quantitative estimate of drug-likeness (QED) is 0.452. The summed E-state index contributed by atoms with van der Waals surface area (Å²) in [5.41, 5.74) is -0.804. The van der Waals surface area contributed by atoms with Crippen LogP contribution in [0.15, 0.2) is 10.4 Å². The molecule has 1 saturated heterocycles. The molecule has 0 aromatic carbocycles. The largest absolute Gasteiger partial charge is 0.434 e. The van der Waals surface area contributed by atoms with Gasteiger partial charge in [-0.25, -0.2) is 4.98 Å². The number of guanidine groups is 1. The van der Waals surface area contributed by atoms with Crippen molar-refractivity contribution in [3.63, 3.8) is 0 Å². The minimum Gasteiger partial charge on any atom is -0.356 e. The number of nitrogens with one attached hydrogen (secondary N) is 1. The van der Waals surface area contributed by atoms with Gasteiger partial charge in [0, 0.05) is 38.5 Å². The van der Waals surface area contributed by atoms with Crippen LogP contribution in [0.2, 0.25) is 0 Å². The molecule has 1 fully saturated rings. The Morgan fingerprint density at radius 1 is 1.43 bits per heavy atom. The van der Waals surface area contributed by atoms with E-state index in [1.807, 2.05) is 0 Å². The molecule has 0 unspecified atom stereocenters. The fraction of sp³-hybridized carbons (Fsp3) is 0.667. The molecule has 0 aliphatic carbocycles. The minimum atomic E-state index is -4.35. The summed E-state index contributed by atoms with van der Waals surface area (Å²) in [6, 6.07) is 0. The Labute approximate surface area is 142 Å². The lowest BCUT2D eigenvalue weighted by atomic mass is 10.4. The molecule has 0 radical (unpaired) electrons. The third-order valence-electron chi connectivity index (χ3n) is 3.08. The molecule has 1 aliphatic rings. The summed E-state index contributed by atoms with van der Waals surface area (Å²) in [6.07, 6.45) is -1.58. The van der Waals surface area contributed by atoms with Gasteiger partial charge in [-0.15, -0.1) is 35.3 Å². The van der Waals surface area contributed by atoms with Crippen molar-refractivity contribution in [3.05, 3.63) is 16.1 Å². The fourth-order valence-electron chi connectivity index (χ4n) is 2.10. The van der Waals surface area contributed by atoms with Crippen LogP contribution in [-0.4, -0.2) is 42.5 Å². The first-order chi connectivity index (χ1) is 9.50. The highest BCUT2D eigenvalue weighted by Gasteiger charge is 2.33. The predicted molar refractivity (Wildman–Crippen MR) is 88.4 cm³/mol. The topological polar surface area (TPSA) is 40.5 Å². The van der Waals surface area contributed by atoms with E-state index in [9.17, 15) is 13.2 Å². The molecule has 1 N–H and O–H groups in total. The van der Waals surface area contributed by atoms with E-state index in [1.165, 1.54) is 0 Å². The Morgan fingerprint density at radius 2 is 2.10 bits per heavy atom. The average molecular weight is 434 g/mol. The Morgan fingerprint density at radius 3 is 2.62 bits per heavy atom. The highest BCUT2D eigenvalue weighted by molar-refractivity contribution is 14.0. The third-order valence-corrected chi connectivity index (χ3v) is 3.99. The van der Waals surface area contributed by atoms with E-state index in [2.05, 4.69) is 20.2 Å². The van der Waals surface area contributed by atoms with E-state index in [4.69, 9.17) is 0 Å². The summed E-state index contributed by atoms with van der Waals surface area (Å²) in [5.74, 6) is 0.815. The van der Waals surface area contributed by atoms with Crippen molar-refractivity contribution < 1.29 is 13.2 Å². The molecule has 2 rings (SSSR count). The number of halogens is 4. The number of nitrogens with zero attached hydrogens (tertiary/aromatic N) is 3. The van der Waals surface area contributed by atoms with Crippen LogP contribution in [0.4, 0.5) is 13.2 Å². The smallest absolute Gasteiger partial charge is 0.356 e. The van der Waals surface area contributed by atoms with Gasteiger partial charge in [-0.2, -0.15) is 13.2 Å². The van der Waals surface area contributed by atoms with Crippen molar-refractivity contribution in [1.29, 1.82) is 0 Å². The zero-order valence-corrected chi connectivity index (χ0v) is 14.8. The first kappa shape index (κ1) is 18.5. The van der Waals surface area contributed by atoms with E-state index in [-0.39, 0.29) is 24.0 Å². The molecular weight excluding hydrogens is 416 g/mol. The van der Waals surface area contributed by atoms with Gasteiger partial charge in [0.05, 0.1) is 5.01 Å². The lowest BCUT2D eigenvalue weighted by Crippen LogP contribution is -2.40. The summed E-state index contributed by atoms with van der Waals surface area (Å²) >= 11 is 1.04. The number of alkyl halides is 3. The third kappa shape index (κ3) is 5.28. The number of hydrogen-bond acceptors (Lipinski definition) is 3. The van der Waals surface area contributed by atoms with Crippen LogP contribution in [0.5, 0.6) is 0 Å². The average Bonchev–Trinajstić information content (AvgIpc) is 3.04. The van der Waals surface area contributed by atoms with Crippen LogP contribution in [-0.2, 0) is 12.6 Å². The van der Waals surface area contributed by atoms with Crippen LogP contribution in [0.25, 0.3) is 0 Å². The minimum absolute atomic E-state index is 0. The highest BCUT2D eigenvalue weighted by atomic mass is 127. The monoisotopic (exact) mass is 434 g/mol. The number of aliphatic imine (C=N–C) groups is 1. The molecule has 1 aromatic heterocycles. The van der Waals surface area contributed by atoms with Crippen molar-refractivity contribution in [3.8, 4) is 0 Å². The van der Waals surface area contributed by atoms with Gasteiger partial charge in [0.15, 0.2) is 11.7 Å². The first-order valence-electron chi connectivity index (χ1n) is 6.48. The Balaban J connectivity index is 0.00000220. The van der Waals surface area contributed by atoms with E-state index in [1.54, 1.807) is 7.05 Å². The molecule has 0 bridgehead atoms. The molecule has 2 heterocycles. The van der Waals surface area contributed by atoms with Crippen molar-refractivity contribution in [1.82, 2.24) is 15.2 Å². The van der Waals surface area contributed by atoms with Crippen LogP contribution in [0.3, 0.4) is 0 Å². The molecule has 0 amide bonds. The van der Waals surface area contributed by atoms with Crippen LogP contribution in [0, 0.1) is 0 Å². The lowest BCUT2D eigenvalue weighted by Gasteiger charge is -2.20. The highest BCUT2D eigenvalue weighted by Crippen LogP contribution is 2.29. The number of aromatic nitrogens is 1. The maximum atomic E-state index is 12.4. The number of rotatable bonds is 3. The van der Waals surface area contributed by atoms with Crippen molar-refractivity contribution in [2.45, 2.75) is 25.4 Å². The van der Waals surface area contributed by atoms with Crippen molar-refractivity contribution >= 4 is 41.3 Å². The Kier molecular flexibility index (Phi) is 7.17. The predicted octanol–water partition coefficient (Wildman–Crippen LogP) is 2.99. The van der Waals surface area contributed by atoms with Crippen LogP contribution < -0.4 is 5.32 Å². The molecule has 21 heavy (non-hydrogen) atoms. The molecule has 1 aliphatic heterocycles. The number of hydrogen-bond donors (Lipinski definition) is 1. The van der Waals surface area contributed by atoms with E-state index in [0.29, 0.717) is 18.0 Å². The summed E-state index contributed by atoms with van der Waals surface area (Å²) in [6.45, 7) is 2.50. The van der Waals surface area contributed by atoms with Gasteiger partial charge in [-0.05, 0) is 12.8 Å². The fourth-order valence-corrected chi connectivity index (χ4v) is 2.90. The molecule has 1 aromatic rings. The van der Waals surface area contributed by atoms with Crippen molar-refractivity contribution in [2.75, 3.05) is 26.7 Å². The van der Waals surface area contributed by atoms with Gasteiger partial charge in [-0.3, -0.25) is 4.99 Å². The Bertz CT molecular complexity index is 469. The summed E-state index contributed by atoms with van der Waals surface area (Å²) in [7, 11) is 1.71. The van der Waals surface area contributed by atoms with E-state index >= 15 is 0 Å². The summed E-state index contributed by atoms with van der Waals surface area (Å²) < 4.78 is 37.2. The second kappa shape index (κ2) is 8.16. The second-order valence-corrected chi connectivity index (χ2v) is 5.49. The maximum absolute atomic E-state index is 12.4. The Hall–Kier alpha value is -0.580. The molecule has 0 atom stereocenters. The number of likely N-dealkylation sites (tertiary alicyclic amines) is 1. The SMILES string of the molecule is CN=C(NCCc1nc(C(F)(F)F)cs1)N1CCCC1.I. The summed E-state index contributed by atoms with van der Waals surface area (Å²) in [4.78, 5) is 9.94.